The van der Waals surface area contributed by atoms with Gasteiger partial charge < -0.3 is 19.9 Å². The van der Waals surface area contributed by atoms with Crippen molar-refractivity contribution >= 4 is 11.9 Å². The molecular weight excluding hydrogens is 238 g/mol. The summed E-state index contributed by atoms with van der Waals surface area (Å²) in [6, 6.07) is 0.222. The molecule has 2 N–H and O–H groups in total. The molecule has 0 radical (unpaired) electrons. The van der Waals surface area contributed by atoms with Crippen LogP contribution in [-0.2, 0) is 19.1 Å². The fourth-order valence-corrected chi connectivity index (χ4v) is 2.18. The van der Waals surface area contributed by atoms with Gasteiger partial charge in [0, 0.05) is 6.04 Å². The molecule has 0 spiro atoms. The lowest BCUT2D eigenvalue weighted by Gasteiger charge is -2.27. The molecule has 0 aromatic rings. The number of aliphatic hydroxyl groups is 1. The van der Waals surface area contributed by atoms with E-state index in [1.807, 2.05) is 0 Å². The highest BCUT2D eigenvalue weighted by Gasteiger charge is 2.46. The lowest BCUT2D eigenvalue weighted by molar-refractivity contribution is -0.181. The van der Waals surface area contributed by atoms with Crippen LogP contribution in [0.4, 0.5) is 0 Å². The zero-order valence-electron chi connectivity index (χ0n) is 10.9. The van der Waals surface area contributed by atoms with Gasteiger partial charge in [-0.15, -0.1) is 0 Å². The SMILES string of the molecule is COC(=O)C(O)(CC[C@@H]1CCCCN1)C(=O)OC. The fourth-order valence-electron chi connectivity index (χ4n) is 2.18. The Balaban J connectivity index is 2.60. The van der Waals surface area contributed by atoms with Crippen molar-refractivity contribution in [2.24, 2.45) is 0 Å². The normalized spacial score (nSPS) is 20.3. The number of carbonyl (C=O) groups is 2. The van der Waals surface area contributed by atoms with E-state index in [-0.39, 0.29) is 12.5 Å². The van der Waals surface area contributed by atoms with Crippen LogP contribution in [0.2, 0.25) is 0 Å². The minimum Gasteiger partial charge on any atom is -0.466 e. The third kappa shape index (κ3) is 3.43. The molecule has 1 fully saturated rings. The zero-order chi connectivity index (χ0) is 13.6. The molecule has 18 heavy (non-hydrogen) atoms. The molecule has 0 unspecified atom stereocenters. The van der Waals surface area contributed by atoms with Crippen LogP contribution in [-0.4, -0.2) is 49.5 Å². The molecule has 1 saturated heterocycles. The fraction of sp³-hybridized carbons (Fsp3) is 0.833. The molecule has 0 aromatic carbocycles. The molecule has 6 nitrogen and oxygen atoms in total. The van der Waals surface area contributed by atoms with Gasteiger partial charge in [0.1, 0.15) is 0 Å². The van der Waals surface area contributed by atoms with Gasteiger partial charge in [-0.1, -0.05) is 6.42 Å². The summed E-state index contributed by atoms with van der Waals surface area (Å²) in [5.74, 6) is -1.93. The number of ether oxygens (including phenoxy) is 2. The molecule has 1 heterocycles. The number of nitrogens with one attached hydrogen (secondary N) is 1. The summed E-state index contributed by atoms with van der Waals surface area (Å²) in [6.07, 6.45) is 3.77. The molecular formula is C12H21NO5. The predicted molar refractivity (Wildman–Crippen MR) is 63.9 cm³/mol. The van der Waals surface area contributed by atoms with E-state index in [1.54, 1.807) is 0 Å². The summed E-state index contributed by atoms with van der Waals surface area (Å²) in [5, 5.41) is 13.4. The van der Waals surface area contributed by atoms with Crippen LogP contribution in [0.25, 0.3) is 0 Å². The number of hydrogen-bond acceptors (Lipinski definition) is 6. The first-order valence-corrected chi connectivity index (χ1v) is 6.17. The van der Waals surface area contributed by atoms with Crippen LogP contribution < -0.4 is 5.32 Å². The van der Waals surface area contributed by atoms with Crippen LogP contribution in [0, 0.1) is 0 Å². The van der Waals surface area contributed by atoms with Gasteiger partial charge in [0.2, 0.25) is 0 Å². The Kier molecular flexibility index (Phi) is 5.55. The summed E-state index contributed by atoms with van der Waals surface area (Å²) in [5.41, 5.74) is -2.19. The van der Waals surface area contributed by atoms with Gasteiger partial charge in [0.25, 0.3) is 5.60 Å². The zero-order valence-corrected chi connectivity index (χ0v) is 10.9. The summed E-state index contributed by atoms with van der Waals surface area (Å²) in [7, 11) is 2.27. The second kappa shape index (κ2) is 6.70. The van der Waals surface area contributed by atoms with E-state index in [0.29, 0.717) is 6.42 Å². The highest BCUT2D eigenvalue weighted by molar-refractivity contribution is 6.03. The van der Waals surface area contributed by atoms with E-state index in [1.165, 1.54) is 0 Å². The maximum atomic E-state index is 11.5. The third-order valence-electron chi connectivity index (χ3n) is 3.31. The standard InChI is InChI=1S/C12H21NO5/c1-17-10(14)12(16,11(15)18-2)7-6-9-5-3-4-8-13-9/h9,13,16H,3-8H2,1-2H3/t9-/m0/s1. The quantitative estimate of drug-likeness (QED) is 0.533. The number of methoxy groups -OCH3 is 2. The Hall–Kier alpha value is -1.14. The van der Waals surface area contributed by atoms with Crippen molar-refractivity contribution in [3.8, 4) is 0 Å². The van der Waals surface area contributed by atoms with Crippen LogP contribution in [0.15, 0.2) is 0 Å². The number of esters is 2. The number of piperidine rings is 1. The molecule has 104 valence electrons. The Morgan fingerprint density at radius 1 is 1.28 bits per heavy atom. The number of rotatable bonds is 5. The van der Waals surface area contributed by atoms with E-state index in [4.69, 9.17) is 0 Å². The minimum atomic E-state index is -2.19. The van der Waals surface area contributed by atoms with Crippen molar-refractivity contribution in [2.45, 2.75) is 43.7 Å². The van der Waals surface area contributed by atoms with Crippen molar-refractivity contribution < 1.29 is 24.2 Å². The van der Waals surface area contributed by atoms with Crippen molar-refractivity contribution in [2.75, 3.05) is 20.8 Å². The molecule has 0 aromatic heterocycles. The maximum absolute atomic E-state index is 11.5. The smallest absolute Gasteiger partial charge is 0.349 e. The highest BCUT2D eigenvalue weighted by atomic mass is 16.6. The van der Waals surface area contributed by atoms with Gasteiger partial charge in [-0.05, 0) is 32.2 Å². The van der Waals surface area contributed by atoms with Crippen LogP contribution in [0.3, 0.4) is 0 Å². The molecule has 0 saturated carbocycles. The first kappa shape index (κ1) is 14.9. The number of carbonyl (C=O) groups excluding carboxylic acids is 2. The monoisotopic (exact) mass is 259 g/mol. The highest BCUT2D eigenvalue weighted by Crippen LogP contribution is 2.21. The summed E-state index contributed by atoms with van der Waals surface area (Å²) in [4.78, 5) is 23.0. The molecule has 6 heteroatoms. The Bertz CT molecular complexity index is 283. The topological polar surface area (TPSA) is 84.9 Å². The summed E-state index contributed by atoms with van der Waals surface area (Å²) >= 11 is 0. The van der Waals surface area contributed by atoms with E-state index in [2.05, 4.69) is 14.8 Å². The van der Waals surface area contributed by atoms with Crippen LogP contribution in [0.5, 0.6) is 0 Å². The van der Waals surface area contributed by atoms with Crippen LogP contribution in [0.1, 0.15) is 32.1 Å². The summed E-state index contributed by atoms with van der Waals surface area (Å²) < 4.78 is 8.94. The van der Waals surface area contributed by atoms with Crippen molar-refractivity contribution in [1.29, 1.82) is 0 Å². The van der Waals surface area contributed by atoms with E-state index < -0.39 is 17.5 Å². The molecule has 0 aliphatic carbocycles. The average Bonchev–Trinajstić information content (AvgIpc) is 2.43. The second-order valence-electron chi connectivity index (χ2n) is 4.53. The largest absolute Gasteiger partial charge is 0.466 e. The molecule has 0 amide bonds. The van der Waals surface area contributed by atoms with Gasteiger partial charge in [0.15, 0.2) is 0 Å². The van der Waals surface area contributed by atoms with E-state index >= 15 is 0 Å². The van der Waals surface area contributed by atoms with Gasteiger partial charge in [0.05, 0.1) is 14.2 Å². The first-order valence-electron chi connectivity index (χ1n) is 6.17. The Morgan fingerprint density at radius 2 is 1.89 bits per heavy atom. The van der Waals surface area contributed by atoms with Gasteiger partial charge >= 0.3 is 11.9 Å². The Morgan fingerprint density at radius 3 is 2.33 bits per heavy atom. The molecule has 1 aliphatic heterocycles. The van der Waals surface area contributed by atoms with Crippen molar-refractivity contribution in [3.05, 3.63) is 0 Å². The predicted octanol–water partition coefficient (Wildman–Crippen LogP) is -0.0142. The Labute approximate surface area is 107 Å². The minimum absolute atomic E-state index is 0.00398. The second-order valence-corrected chi connectivity index (χ2v) is 4.53. The molecule has 1 rings (SSSR count). The average molecular weight is 259 g/mol. The van der Waals surface area contributed by atoms with E-state index in [9.17, 15) is 14.7 Å². The van der Waals surface area contributed by atoms with E-state index in [0.717, 1.165) is 40.0 Å². The lowest BCUT2D eigenvalue weighted by atomic mass is 9.92. The first-order chi connectivity index (χ1) is 8.54. The molecule has 0 bridgehead atoms. The maximum Gasteiger partial charge on any atom is 0.349 e. The lowest BCUT2D eigenvalue weighted by Crippen LogP contribution is -2.49. The van der Waals surface area contributed by atoms with Gasteiger partial charge in [-0.25, -0.2) is 9.59 Å². The number of hydrogen-bond donors (Lipinski definition) is 2. The van der Waals surface area contributed by atoms with Crippen molar-refractivity contribution in [1.82, 2.24) is 5.32 Å². The summed E-state index contributed by atoms with van der Waals surface area (Å²) in [6.45, 7) is 0.930. The van der Waals surface area contributed by atoms with Gasteiger partial charge in [-0.3, -0.25) is 0 Å². The molecule has 1 atom stereocenters. The van der Waals surface area contributed by atoms with Crippen molar-refractivity contribution in [3.63, 3.8) is 0 Å². The third-order valence-corrected chi connectivity index (χ3v) is 3.31. The van der Waals surface area contributed by atoms with Crippen LogP contribution >= 0.6 is 0 Å². The van der Waals surface area contributed by atoms with Gasteiger partial charge in [-0.2, -0.15) is 0 Å². The molecule has 1 aliphatic rings.